The minimum absolute atomic E-state index is 0.0324. The molecule has 0 fully saturated rings. The van der Waals surface area contributed by atoms with Gasteiger partial charge in [-0.15, -0.1) is 0 Å². The summed E-state index contributed by atoms with van der Waals surface area (Å²) in [4.78, 5) is 20.0. The van der Waals surface area contributed by atoms with Crippen molar-refractivity contribution in [1.82, 2.24) is 24.5 Å². The molecule has 246 valence electrons. The molecule has 7 rings (SSSR count). The van der Waals surface area contributed by atoms with E-state index < -0.39 is 0 Å². The summed E-state index contributed by atoms with van der Waals surface area (Å²) in [7, 11) is 0. The number of hydrogen-bond acceptors (Lipinski definition) is 4. The Balaban J connectivity index is 1.50. The van der Waals surface area contributed by atoms with Crippen molar-refractivity contribution < 1.29 is 4.39 Å². The van der Waals surface area contributed by atoms with E-state index in [2.05, 4.69) is 134 Å². The van der Waals surface area contributed by atoms with Gasteiger partial charge < -0.3 is 0 Å². The largest absolute Gasteiger partial charge is 0.294 e. The molecule has 0 spiro atoms. The molecule has 0 bridgehead atoms. The van der Waals surface area contributed by atoms with Crippen LogP contribution in [0, 0.1) is 26.6 Å². The van der Waals surface area contributed by atoms with E-state index in [0.29, 0.717) is 23.0 Å². The summed E-state index contributed by atoms with van der Waals surface area (Å²) in [6, 6.07) is 28.4. The first-order valence-corrected chi connectivity index (χ1v) is 16.8. The Kier molecular flexibility index (Phi) is 7.74. The van der Waals surface area contributed by atoms with E-state index in [9.17, 15) is 0 Å². The van der Waals surface area contributed by atoms with Crippen molar-refractivity contribution in [3.8, 4) is 40.0 Å². The smallest absolute Gasteiger partial charge is 0.164 e. The third kappa shape index (κ3) is 6.01. The molecule has 0 aliphatic rings. The highest BCUT2D eigenvalue weighted by molar-refractivity contribution is 6.10. The normalized spacial score (nSPS) is 12.3. The summed E-state index contributed by atoms with van der Waals surface area (Å²) in [5.74, 6) is 2.06. The maximum absolute atomic E-state index is 15.2. The second kappa shape index (κ2) is 11.7. The van der Waals surface area contributed by atoms with Gasteiger partial charge in [-0.1, -0.05) is 89.6 Å². The lowest BCUT2D eigenvalue weighted by Crippen LogP contribution is -2.12. The average Bonchev–Trinajstić information content (AvgIpc) is 3.37. The van der Waals surface area contributed by atoms with Crippen LogP contribution in [0.4, 0.5) is 4.39 Å². The SMILES string of the molecule is Cc1cc(C)c(-c2nc(-c3cc(F)cc(C(C)(C)C)c3)nc(-c3ccc4c5ccccc5n(-c5cc(C(C)(C)C)ccn5)c4c3)n2)c(C)c1. The van der Waals surface area contributed by atoms with E-state index in [-0.39, 0.29) is 16.6 Å². The lowest BCUT2D eigenvalue weighted by Gasteiger charge is -2.20. The molecule has 0 N–H and O–H groups in total. The second-order valence-electron chi connectivity index (χ2n) is 15.3. The number of benzene rings is 4. The van der Waals surface area contributed by atoms with Crippen LogP contribution in [0.1, 0.15) is 69.4 Å². The summed E-state index contributed by atoms with van der Waals surface area (Å²) in [5, 5.41) is 2.26. The lowest BCUT2D eigenvalue weighted by molar-refractivity contribution is 0.572. The van der Waals surface area contributed by atoms with Gasteiger partial charge in [0.1, 0.15) is 11.6 Å². The Morgan fingerprint density at radius 2 is 1.20 bits per heavy atom. The topological polar surface area (TPSA) is 56.5 Å². The van der Waals surface area contributed by atoms with Gasteiger partial charge in [-0.25, -0.2) is 24.3 Å². The number of hydrogen-bond donors (Lipinski definition) is 0. The number of para-hydroxylation sites is 1. The van der Waals surface area contributed by atoms with Crippen molar-refractivity contribution in [1.29, 1.82) is 0 Å². The minimum Gasteiger partial charge on any atom is -0.294 e. The summed E-state index contributed by atoms with van der Waals surface area (Å²) in [5.41, 5.74) is 9.63. The van der Waals surface area contributed by atoms with E-state index in [4.69, 9.17) is 19.9 Å². The lowest BCUT2D eigenvalue weighted by atomic mass is 9.86. The van der Waals surface area contributed by atoms with Crippen LogP contribution in [0.15, 0.2) is 91.1 Å². The maximum atomic E-state index is 15.2. The number of nitrogens with zero attached hydrogens (tertiary/aromatic N) is 5. The van der Waals surface area contributed by atoms with Gasteiger partial charge in [0.15, 0.2) is 17.5 Å². The number of aromatic nitrogens is 5. The highest BCUT2D eigenvalue weighted by Gasteiger charge is 2.22. The molecule has 3 aromatic heterocycles. The Labute approximate surface area is 288 Å². The molecule has 0 amide bonds. The fourth-order valence-corrected chi connectivity index (χ4v) is 6.79. The number of pyridine rings is 1. The summed E-state index contributed by atoms with van der Waals surface area (Å²) in [6.45, 7) is 19.1. The van der Waals surface area contributed by atoms with Gasteiger partial charge in [-0.2, -0.15) is 0 Å². The van der Waals surface area contributed by atoms with Crippen LogP contribution in [0.3, 0.4) is 0 Å². The molecule has 6 heteroatoms. The predicted molar refractivity (Wildman–Crippen MR) is 200 cm³/mol. The third-order valence-electron chi connectivity index (χ3n) is 9.33. The van der Waals surface area contributed by atoms with E-state index in [1.54, 1.807) is 6.07 Å². The average molecular weight is 648 g/mol. The Morgan fingerprint density at radius 1 is 0.571 bits per heavy atom. The summed E-state index contributed by atoms with van der Waals surface area (Å²) in [6.07, 6.45) is 1.89. The van der Waals surface area contributed by atoms with Gasteiger partial charge in [0.25, 0.3) is 0 Å². The summed E-state index contributed by atoms with van der Waals surface area (Å²) < 4.78 is 17.4. The zero-order chi connectivity index (χ0) is 34.8. The molecule has 0 unspecified atom stereocenters. The van der Waals surface area contributed by atoms with Gasteiger partial charge in [0.05, 0.1) is 11.0 Å². The number of aryl methyl sites for hydroxylation is 3. The van der Waals surface area contributed by atoms with Crippen molar-refractivity contribution in [2.75, 3.05) is 0 Å². The first-order chi connectivity index (χ1) is 23.2. The molecule has 4 aromatic carbocycles. The first-order valence-electron chi connectivity index (χ1n) is 16.8. The molecule has 0 saturated carbocycles. The fraction of sp³-hybridized carbons (Fsp3) is 0.256. The Bertz CT molecular complexity index is 2380. The minimum atomic E-state index is -0.315. The third-order valence-corrected chi connectivity index (χ3v) is 9.33. The van der Waals surface area contributed by atoms with Crippen LogP contribution < -0.4 is 0 Å². The molecule has 49 heavy (non-hydrogen) atoms. The van der Waals surface area contributed by atoms with E-state index >= 15 is 4.39 Å². The predicted octanol–water partition coefficient (Wildman–Crippen LogP) is 11.0. The second-order valence-corrected chi connectivity index (χ2v) is 15.3. The van der Waals surface area contributed by atoms with Gasteiger partial charge in [-0.05, 0) is 96.3 Å². The van der Waals surface area contributed by atoms with Crippen molar-refractivity contribution in [2.45, 2.75) is 73.1 Å². The van der Waals surface area contributed by atoms with Crippen LogP contribution in [-0.2, 0) is 10.8 Å². The van der Waals surface area contributed by atoms with Crippen LogP contribution >= 0.6 is 0 Å². The molecular formula is C43H42FN5. The van der Waals surface area contributed by atoms with Crippen molar-refractivity contribution in [2.24, 2.45) is 0 Å². The molecule has 7 aromatic rings. The van der Waals surface area contributed by atoms with Crippen molar-refractivity contribution in [3.05, 3.63) is 125 Å². The summed E-state index contributed by atoms with van der Waals surface area (Å²) >= 11 is 0. The van der Waals surface area contributed by atoms with Gasteiger partial charge in [0, 0.05) is 33.7 Å². The number of halogens is 1. The molecular weight excluding hydrogens is 606 g/mol. The Morgan fingerprint density at radius 3 is 1.90 bits per heavy atom. The van der Waals surface area contributed by atoms with E-state index in [1.165, 1.54) is 17.2 Å². The van der Waals surface area contributed by atoms with Gasteiger partial charge in [-0.3, -0.25) is 4.57 Å². The first kappa shape index (κ1) is 32.3. The zero-order valence-corrected chi connectivity index (χ0v) is 29.8. The van der Waals surface area contributed by atoms with Crippen LogP contribution in [0.5, 0.6) is 0 Å². The standard InChI is InChI=1S/C43H42FN5/c1-25-18-26(2)38(27(3)19-25)41-47-39(46-40(48-41)29-20-31(43(7,8)9)23-32(44)21-29)28-14-15-34-33-12-10-11-13-35(33)49(36(34)22-28)37-24-30(16-17-45-37)42(4,5)6/h10-24H,1-9H3. The quantitative estimate of drug-likeness (QED) is 0.191. The number of rotatable bonds is 4. The fourth-order valence-electron chi connectivity index (χ4n) is 6.79. The molecule has 0 saturated heterocycles. The van der Waals surface area contributed by atoms with Crippen LogP contribution in [0.25, 0.3) is 61.8 Å². The molecule has 5 nitrogen and oxygen atoms in total. The molecule has 0 aliphatic carbocycles. The van der Waals surface area contributed by atoms with E-state index in [0.717, 1.165) is 55.4 Å². The molecule has 3 heterocycles. The Hall–Kier alpha value is -5.23. The van der Waals surface area contributed by atoms with Gasteiger partial charge >= 0.3 is 0 Å². The highest BCUT2D eigenvalue weighted by atomic mass is 19.1. The highest BCUT2D eigenvalue weighted by Crippen LogP contribution is 2.37. The zero-order valence-electron chi connectivity index (χ0n) is 29.8. The number of fused-ring (bicyclic) bond motifs is 3. The monoisotopic (exact) mass is 647 g/mol. The molecule has 0 radical (unpaired) electrons. The maximum Gasteiger partial charge on any atom is 0.164 e. The van der Waals surface area contributed by atoms with Crippen LogP contribution in [-0.4, -0.2) is 24.5 Å². The molecule has 0 atom stereocenters. The van der Waals surface area contributed by atoms with E-state index in [1.807, 2.05) is 12.3 Å². The van der Waals surface area contributed by atoms with Crippen LogP contribution in [0.2, 0.25) is 0 Å². The molecule has 0 aliphatic heterocycles. The van der Waals surface area contributed by atoms with Crippen molar-refractivity contribution in [3.63, 3.8) is 0 Å². The van der Waals surface area contributed by atoms with Gasteiger partial charge in [0.2, 0.25) is 0 Å². The van der Waals surface area contributed by atoms with Crippen molar-refractivity contribution >= 4 is 21.8 Å².